The lowest BCUT2D eigenvalue weighted by Crippen LogP contribution is -2.45. The van der Waals surface area contributed by atoms with Crippen molar-refractivity contribution in [1.29, 1.82) is 0 Å². The van der Waals surface area contributed by atoms with Crippen LogP contribution in [-0.2, 0) is 4.79 Å². The normalized spacial score (nSPS) is 21.6. The van der Waals surface area contributed by atoms with E-state index in [0.717, 1.165) is 16.5 Å². The lowest BCUT2D eigenvalue weighted by atomic mass is 9.90. The predicted molar refractivity (Wildman–Crippen MR) is 86.5 cm³/mol. The summed E-state index contributed by atoms with van der Waals surface area (Å²) in [6, 6.07) is 5.68. The highest BCUT2D eigenvalue weighted by Crippen LogP contribution is 2.27. The van der Waals surface area contributed by atoms with Gasteiger partial charge in [0.25, 0.3) is 5.91 Å². The number of hydrogen-bond acceptors (Lipinski definition) is 3. The SMILES string of the molecule is Cc1cc2cc(C(=O)N3CC(C)CC(C(=O)O)C3)oc2cc1C. The largest absolute Gasteiger partial charge is 0.481 e. The van der Waals surface area contributed by atoms with Crippen molar-refractivity contribution in [2.75, 3.05) is 13.1 Å². The van der Waals surface area contributed by atoms with Crippen molar-refractivity contribution in [1.82, 2.24) is 4.90 Å². The summed E-state index contributed by atoms with van der Waals surface area (Å²) in [4.78, 5) is 25.6. The van der Waals surface area contributed by atoms with E-state index in [0.29, 0.717) is 18.5 Å². The van der Waals surface area contributed by atoms with Gasteiger partial charge in [-0.3, -0.25) is 9.59 Å². The molecule has 2 unspecified atom stereocenters. The first-order chi connectivity index (χ1) is 10.8. The standard InChI is InChI=1S/C18H21NO4/c1-10-4-14(18(21)22)9-19(8-10)17(20)16-7-13-5-11(2)12(3)6-15(13)23-16/h5-7,10,14H,4,8-9H2,1-3H3,(H,21,22). The second-order valence-corrected chi connectivity index (χ2v) is 6.67. The number of hydrogen-bond donors (Lipinski definition) is 1. The lowest BCUT2D eigenvalue weighted by molar-refractivity contribution is -0.143. The van der Waals surface area contributed by atoms with Crippen molar-refractivity contribution in [2.24, 2.45) is 11.8 Å². The zero-order chi connectivity index (χ0) is 16.7. The number of benzene rings is 1. The summed E-state index contributed by atoms with van der Waals surface area (Å²) in [7, 11) is 0. The van der Waals surface area contributed by atoms with E-state index in [-0.39, 0.29) is 24.1 Å². The molecule has 2 aromatic rings. The fourth-order valence-electron chi connectivity index (χ4n) is 3.26. The first-order valence-corrected chi connectivity index (χ1v) is 7.88. The van der Waals surface area contributed by atoms with Gasteiger partial charge in [-0.2, -0.15) is 0 Å². The molecule has 5 heteroatoms. The summed E-state index contributed by atoms with van der Waals surface area (Å²) < 4.78 is 5.71. The molecule has 3 rings (SSSR count). The Kier molecular flexibility index (Phi) is 3.88. The van der Waals surface area contributed by atoms with Gasteiger partial charge < -0.3 is 14.4 Å². The number of carboxylic acids is 1. The number of carbonyl (C=O) groups is 2. The molecule has 5 nitrogen and oxygen atoms in total. The van der Waals surface area contributed by atoms with Gasteiger partial charge in [0.2, 0.25) is 0 Å². The van der Waals surface area contributed by atoms with Crippen LogP contribution in [0, 0.1) is 25.7 Å². The Bertz CT molecular complexity index is 738. The maximum absolute atomic E-state index is 12.7. The molecule has 1 saturated heterocycles. The number of rotatable bonds is 2. The Morgan fingerprint density at radius 1 is 1.17 bits per heavy atom. The van der Waals surface area contributed by atoms with E-state index >= 15 is 0 Å². The maximum Gasteiger partial charge on any atom is 0.308 e. The third-order valence-electron chi connectivity index (χ3n) is 4.64. The molecule has 0 aliphatic carbocycles. The summed E-state index contributed by atoms with van der Waals surface area (Å²) in [6.45, 7) is 6.81. The topological polar surface area (TPSA) is 70.8 Å². The number of fused-ring (bicyclic) bond motifs is 1. The van der Waals surface area contributed by atoms with Crippen LogP contribution in [0.2, 0.25) is 0 Å². The van der Waals surface area contributed by atoms with Crippen LogP contribution in [0.3, 0.4) is 0 Å². The number of amides is 1. The zero-order valence-corrected chi connectivity index (χ0v) is 13.6. The summed E-state index contributed by atoms with van der Waals surface area (Å²) in [5.74, 6) is -1.12. The first-order valence-electron chi connectivity index (χ1n) is 7.88. The van der Waals surface area contributed by atoms with Crippen LogP contribution in [-0.4, -0.2) is 35.0 Å². The Morgan fingerprint density at radius 3 is 2.57 bits per heavy atom. The Hall–Kier alpha value is -2.30. The molecule has 0 bridgehead atoms. The van der Waals surface area contributed by atoms with Crippen LogP contribution in [0.5, 0.6) is 0 Å². The van der Waals surface area contributed by atoms with E-state index in [9.17, 15) is 14.7 Å². The van der Waals surface area contributed by atoms with Crippen LogP contribution in [0.15, 0.2) is 22.6 Å². The molecule has 1 aromatic heterocycles. The molecule has 2 atom stereocenters. The minimum atomic E-state index is -0.842. The number of nitrogens with zero attached hydrogens (tertiary/aromatic N) is 1. The number of aliphatic carboxylic acids is 1. The van der Waals surface area contributed by atoms with Crippen LogP contribution >= 0.6 is 0 Å². The van der Waals surface area contributed by atoms with Gasteiger partial charge in [0.05, 0.1) is 5.92 Å². The van der Waals surface area contributed by atoms with E-state index in [4.69, 9.17) is 4.42 Å². The highest BCUT2D eigenvalue weighted by Gasteiger charge is 2.33. The molecule has 1 aliphatic rings. The molecular formula is C18H21NO4. The Morgan fingerprint density at radius 2 is 1.87 bits per heavy atom. The highest BCUT2D eigenvalue weighted by atomic mass is 16.4. The van der Waals surface area contributed by atoms with Crippen molar-refractivity contribution in [2.45, 2.75) is 27.2 Å². The quantitative estimate of drug-likeness (QED) is 0.923. The minimum Gasteiger partial charge on any atom is -0.481 e. The Balaban J connectivity index is 1.89. The number of furan rings is 1. The molecule has 23 heavy (non-hydrogen) atoms. The third-order valence-corrected chi connectivity index (χ3v) is 4.64. The first kappa shape index (κ1) is 15.6. The minimum absolute atomic E-state index is 0.169. The molecule has 2 heterocycles. The zero-order valence-electron chi connectivity index (χ0n) is 13.6. The second kappa shape index (κ2) is 5.72. The lowest BCUT2D eigenvalue weighted by Gasteiger charge is -2.34. The van der Waals surface area contributed by atoms with Crippen LogP contribution in [0.25, 0.3) is 11.0 Å². The monoisotopic (exact) mass is 315 g/mol. The van der Waals surface area contributed by atoms with Crippen LogP contribution < -0.4 is 0 Å². The molecular weight excluding hydrogens is 294 g/mol. The summed E-state index contributed by atoms with van der Waals surface area (Å²) in [6.07, 6.45) is 0.609. The number of carbonyl (C=O) groups excluding carboxylic acids is 1. The van der Waals surface area contributed by atoms with E-state index in [2.05, 4.69) is 0 Å². The number of carboxylic acid groups (broad SMARTS) is 1. The molecule has 1 N–H and O–H groups in total. The molecule has 122 valence electrons. The molecule has 1 amide bonds. The van der Waals surface area contributed by atoms with Gasteiger partial charge in [0.15, 0.2) is 5.76 Å². The molecule has 0 saturated carbocycles. The molecule has 1 fully saturated rings. The molecule has 1 aliphatic heterocycles. The molecule has 0 radical (unpaired) electrons. The van der Waals surface area contributed by atoms with E-state index in [1.807, 2.05) is 32.9 Å². The van der Waals surface area contributed by atoms with Crippen molar-refractivity contribution >= 4 is 22.8 Å². The molecule has 0 spiro atoms. The summed E-state index contributed by atoms with van der Waals surface area (Å²) in [5.41, 5.74) is 2.95. The van der Waals surface area contributed by atoms with Gasteiger partial charge in [0.1, 0.15) is 5.58 Å². The van der Waals surface area contributed by atoms with Gasteiger partial charge in [-0.05, 0) is 55.5 Å². The van der Waals surface area contributed by atoms with Crippen molar-refractivity contribution in [3.05, 3.63) is 35.1 Å². The highest BCUT2D eigenvalue weighted by molar-refractivity contribution is 5.96. The van der Waals surface area contributed by atoms with Crippen molar-refractivity contribution in [3.8, 4) is 0 Å². The van der Waals surface area contributed by atoms with Crippen LogP contribution in [0.1, 0.15) is 35.0 Å². The number of piperidine rings is 1. The van der Waals surface area contributed by atoms with Gasteiger partial charge in [-0.25, -0.2) is 0 Å². The van der Waals surface area contributed by atoms with Gasteiger partial charge in [0, 0.05) is 18.5 Å². The Labute approximate surface area is 134 Å². The predicted octanol–water partition coefficient (Wildman–Crippen LogP) is 3.23. The van der Waals surface area contributed by atoms with Crippen molar-refractivity contribution in [3.63, 3.8) is 0 Å². The van der Waals surface area contributed by atoms with Crippen molar-refractivity contribution < 1.29 is 19.1 Å². The fraction of sp³-hybridized carbons (Fsp3) is 0.444. The average molecular weight is 315 g/mol. The van der Waals surface area contributed by atoms with Crippen LogP contribution in [0.4, 0.5) is 0 Å². The summed E-state index contributed by atoms with van der Waals surface area (Å²) >= 11 is 0. The van der Waals surface area contributed by atoms with E-state index < -0.39 is 11.9 Å². The number of aryl methyl sites for hydroxylation is 2. The number of likely N-dealkylation sites (tertiary alicyclic amines) is 1. The van der Waals surface area contributed by atoms with E-state index in [1.54, 1.807) is 11.0 Å². The molecule has 1 aromatic carbocycles. The smallest absolute Gasteiger partial charge is 0.308 e. The fourth-order valence-corrected chi connectivity index (χ4v) is 3.26. The summed E-state index contributed by atoms with van der Waals surface area (Å²) in [5, 5.41) is 10.1. The second-order valence-electron chi connectivity index (χ2n) is 6.67. The van der Waals surface area contributed by atoms with Gasteiger partial charge in [-0.1, -0.05) is 6.92 Å². The van der Waals surface area contributed by atoms with E-state index in [1.165, 1.54) is 0 Å². The average Bonchev–Trinajstić information content (AvgIpc) is 2.89. The third kappa shape index (κ3) is 2.96. The maximum atomic E-state index is 12.7. The van der Waals surface area contributed by atoms with Gasteiger partial charge in [-0.15, -0.1) is 0 Å². The van der Waals surface area contributed by atoms with Gasteiger partial charge >= 0.3 is 5.97 Å².